The number of hydrazone groups is 1. The maximum Gasteiger partial charge on any atom is 0.275 e. The number of methoxy groups -OCH3 is 2. The van der Waals surface area contributed by atoms with Gasteiger partial charge in [-0.3, -0.25) is 4.79 Å². The van der Waals surface area contributed by atoms with Crippen molar-refractivity contribution >= 4 is 12.1 Å². The number of nitrogens with zero attached hydrogens (tertiary/aromatic N) is 1. The maximum atomic E-state index is 12.6. The van der Waals surface area contributed by atoms with Crippen molar-refractivity contribution in [3.63, 3.8) is 0 Å². The number of rotatable bonds is 10. The summed E-state index contributed by atoms with van der Waals surface area (Å²) in [5.41, 5.74) is 3.56. The molecule has 7 heteroatoms. The predicted octanol–water partition coefficient (Wildman–Crippen LogP) is 3.93. The number of carbonyl (C=O) groups excluding carboxylic acids is 1. The van der Waals surface area contributed by atoms with Crippen LogP contribution in [-0.2, 0) is 0 Å². The van der Waals surface area contributed by atoms with Gasteiger partial charge in [0.2, 0.25) is 0 Å². The lowest BCUT2D eigenvalue weighted by Crippen LogP contribution is -2.19. The van der Waals surface area contributed by atoms with Crippen LogP contribution in [0.25, 0.3) is 0 Å². The molecule has 31 heavy (non-hydrogen) atoms. The molecule has 1 amide bonds. The fourth-order valence-electron chi connectivity index (χ4n) is 2.84. The largest absolute Gasteiger partial charge is 0.493 e. The summed E-state index contributed by atoms with van der Waals surface area (Å²) in [6.45, 7) is 0.650. The van der Waals surface area contributed by atoms with Crippen LogP contribution >= 0.6 is 0 Å². The molecule has 0 radical (unpaired) electrons. The van der Waals surface area contributed by atoms with Gasteiger partial charge in [-0.2, -0.15) is 5.10 Å². The number of benzene rings is 3. The van der Waals surface area contributed by atoms with Crippen molar-refractivity contribution in [1.82, 2.24) is 5.43 Å². The zero-order valence-electron chi connectivity index (χ0n) is 17.4. The summed E-state index contributed by atoms with van der Waals surface area (Å²) in [5.74, 6) is 1.93. The summed E-state index contributed by atoms with van der Waals surface area (Å²) < 4.78 is 22.0. The monoisotopic (exact) mass is 420 g/mol. The maximum absolute atomic E-state index is 12.6. The van der Waals surface area contributed by atoms with Gasteiger partial charge in [-0.05, 0) is 36.4 Å². The molecule has 0 aliphatic carbocycles. The lowest BCUT2D eigenvalue weighted by Gasteiger charge is -2.11. The summed E-state index contributed by atoms with van der Waals surface area (Å²) in [5, 5.41) is 4.04. The van der Waals surface area contributed by atoms with Gasteiger partial charge in [-0.25, -0.2) is 5.43 Å². The third kappa shape index (κ3) is 5.99. The Hall–Kier alpha value is -4.00. The van der Waals surface area contributed by atoms with Crippen molar-refractivity contribution < 1.29 is 23.7 Å². The Morgan fingerprint density at radius 3 is 2.32 bits per heavy atom. The van der Waals surface area contributed by atoms with Crippen LogP contribution in [-0.4, -0.2) is 39.6 Å². The first-order valence-corrected chi connectivity index (χ1v) is 9.67. The molecule has 7 nitrogen and oxygen atoms in total. The van der Waals surface area contributed by atoms with E-state index in [1.54, 1.807) is 50.6 Å². The third-order valence-electron chi connectivity index (χ3n) is 4.29. The number of hydrogen-bond donors (Lipinski definition) is 1. The Kier molecular flexibility index (Phi) is 7.88. The van der Waals surface area contributed by atoms with Crippen molar-refractivity contribution in [3.8, 4) is 23.0 Å². The minimum Gasteiger partial charge on any atom is -0.493 e. The molecule has 0 atom stereocenters. The van der Waals surface area contributed by atoms with Gasteiger partial charge in [-0.1, -0.05) is 36.4 Å². The molecule has 160 valence electrons. The van der Waals surface area contributed by atoms with Crippen molar-refractivity contribution in [1.29, 1.82) is 0 Å². The van der Waals surface area contributed by atoms with Crippen LogP contribution in [0.4, 0.5) is 0 Å². The van der Waals surface area contributed by atoms with E-state index in [9.17, 15) is 4.79 Å². The summed E-state index contributed by atoms with van der Waals surface area (Å²) in [6, 6.07) is 21.8. The van der Waals surface area contributed by atoms with Crippen LogP contribution in [0.3, 0.4) is 0 Å². The second-order valence-electron chi connectivity index (χ2n) is 6.29. The highest BCUT2D eigenvalue weighted by atomic mass is 16.5. The average Bonchev–Trinajstić information content (AvgIpc) is 2.82. The number of ether oxygens (including phenoxy) is 4. The zero-order valence-corrected chi connectivity index (χ0v) is 17.4. The normalized spacial score (nSPS) is 10.5. The molecule has 0 bridgehead atoms. The average molecular weight is 420 g/mol. The molecular weight excluding hydrogens is 396 g/mol. The van der Waals surface area contributed by atoms with E-state index in [1.807, 2.05) is 36.4 Å². The Morgan fingerprint density at radius 1 is 0.839 bits per heavy atom. The van der Waals surface area contributed by atoms with Gasteiger partial charge in [0, 0.05) is 5.56 Å². The number of amides is 1. The molecule has 0 fully saturated rings. The molecule has 0 heterocycles. The molecule has 0 saturated carbocycles. The summed E-state index contributed by atoms with van der Waals surface area (Å²) >= 11 is 0. The van der Waals surface area contributed by atoms with E-state index in [-0.39, 0.29) is 0 Å². The van der Waals surface area contributed by atoms with Crippen LogP contribution < -0.4 is 24.4 Å². The van der Waals surface area contributed by atoms with Gasteiger partial charge in [0.15, 0.2) is 11.5 Å². The molecule has 0 aliphatic rings. The molecule has 1 N–H and O–H groups in total. The summed E-state index contributed by atoms with van der Waals surface area (Å²) in [6.07, 6.45) is 1.50. The van der Waals surface area contributed by atoms with E-state index in [2.05, 4.69) is 10.5 Å². The number of hydrogen-bond acceptors (Lipinski definition) is 6. The predicted molar refractivity (Wildman–Crippen MR) is 118 cm³/mol. The Labute approximate surface area is 181 Å². The zero-order chi connectivity index (χ0) is 21.9. The van der Waals surface area contributed by atoms with Crippen LogP contribution in [0.1, 0.15) is 15.9 Å². The van der Waals surface area contributed by atoms with Crippen LogP contribution in [0.2, 0.25) is 0 Å². The first kappa shape index (κ1) is 21.7. The lowest BCUT2D eigenvalue weighted by molar-refractivity contribution is 0.0950. The Bertz CT molecular complexity index is 1020. The number of carbonyl (C=O) groups is 1. The third-order valence-corrected chi connectivity index (χ3v) is 4.29. The van der Waals surface area contributed by atoms with Gasteiger partial charge in [0.05, 0.1) is 26.0 Å². The van der Waals surface area contributed by atoms with Gasteiger partial charge in [0.1, 0.15) is 24.7 Å². The second kappa shape index (κ2) is 11.3. The molecule has 3 aromatic rings. The molecule has 0 aliphatic heterocycles. The molecule has 0 unspecified atom stereocenters. The van der Waals surface area contributed by atoms with E-state index < -0.39 is 5.91 Å². The van der Waals surface area contributed by atoms with Crippen LogP contribution in [0.5, 0.6) is 23.0 Å². The van der Waals surface area contributed by atoms with Crippen molar-refractivity contribution in [3.05, 3.63) is 83.9 Å². The number of para-hydroxylation sites is 3. The molecule has 3 rings (SSSR count). The standard InChI is InChI=1S/C24H24N2O5/c1-28-22-14-8-9-18(23(22)29-2)17-25-26-24(27)20-12-6-7-13-21(20)31-16-15-30-19-10-4-3-5-11-19/h3-14,17H,15-16H2,1-2H3,(H,26,27). The van der Waals surface area contributed by atoms with Gasteiger partial charge < -0.3 is 18.9 Å². The Morgan fingerprint density at radius 2 is 1.55 bits per heavy atom. The fourth-order valence-corrected chi connectivity index (χ4v) is 2.84. The van der Waals surface area contributed by atoms with Crippen molar-refractivity contribution in [2.24, 2.45) is 5.10 Å². The van der Waals surface area contributed by atoms with Crippen molar-refractivity contribution in [2.75, 3.05) is 27.4 Å². The SMILES string of the molecule is COc1cccc(C=NNC(=O)c2ccccc2OCCOc2ccccc2)c1OC. The van der Waals surface area contributed by atoms with E-state index >= 15 is 0 Å². The van der Waals surface area contributed by atoms with E-state index in [0.29, 0.717) is 41.6 Å². The molecule has 0 aromatic heterocycles. The smallest absolute Gasteiger partial charge is 0.275 e. The summed E-state index contributed by atoms with van der Waals surface area (Å²) in [7, 11) is 3.10. The highest BCUT2D eigenvalue weighted by molar-refractivity contribution is 5.97. The first-order valence-electron chi connectivity index (χ1n) is 9.67. The van der Waals surface area contributed by atoms with Gasteiger partial charge in [0.25, 0.3) is 5.91 Å². The van der Waals surface area contributed by atoms with Gasteiger partial charge in [-0.15, -0.1) is 0 Å². The highest BCUT2D eigenvalue weighted by Crippen LogP contribution is 2.29. The molecular formula is C24H24N2O5. The fraction of sp³-hybridized carbons (Fsp3) is 0.167. The minimum atomic E-state index is -0.391. The highest BCUT2D eigenvalue weighted by Gasteiger charge is 2.12. The Balaban J connectivity index is 1.59. The molecule has 0 saturated heterocycles. The van der Waals surface area contributed by atoms with Gasteiger partial charge >= 0.3 is 0 Å². The van der Waals surface area contributed by atoms with Crippen LogP contribution in [0.15, 0.2) is 77.9 Å². The first-order chi connectivity index (χ1) is 15.2. The lowest BCUT2D eigenvalue weighted by atomic mass is 10.2. The van der Waals surface area contributed by atoms with E-state index in [4.69, 9.17) is 18.9 Å². The van der Waals surface area contributed by atoms with E-state index in [1.165, 1.54) is 6.21 Å². The number of nitrogens with one attached hydrogen (secondary N) is 1. The molecule has 3 aromatic carbocycles. The topological polar surface area (TPSA) is 78.4 Å². The summed E-state index contributed by atoms with van der Waals surface area (Å²) in [4.78, 5) is 12.6. The quantitative estimate of drug-likeness (QED) is 0.306. The minimum absolute atomic E-state index is 0.295. The second-order valence-corrected chi connectivity index (χ2v) is 6.29. The van der Waals surface area contributed by atoms with E-state index in [0.717, 1.165) is 5.75 Å². The van der Waals surface area contributed by atoms with Crippen molar-refractivity contribution in [2.45, 2.75) is 0 Å². The molecule has 0 spiro atoms. The van der Waals surface area contributed by atoms with Crippen LogP contribution in [0, 0.1) is 0 Å².